The van der Waals surface area contributed by atoms with Crippen LogP contribution in [0.1, 0.15) is 30.9 Å². The van der Waals surface area contributed by atoms with Crippen molar-refractivity contribution < 1.29 is 0 Å². The highest BCUT2D eigenvalue weighted by molar-refractivity contribution is 7.20. The van der Waals surface area contributed by atoms with Crippen molar-refractivity contribution in [3.8, 4) is 0 Å². The Balaban J connectivity index is 2.14. The number of nitrogens with one attached hydrogen (secondary N) is 1. The fourth-order valence-electron chi connectivity index (χ4n) is 1.11. The Bertz CT molecular complexity index is 179. The monoisotopic (exact) mass is 140 g/mol. The Labute approximate surface area is 55.9 Å². The third kappa shape index (κ3) is 0.878. The van der Waals surface area contributed by atoms with Crippen LogP contribution >= 0.6 is 8.51 Å². The molecule has 0 bridgehead atoms. The second kappa shape index (κ2) is 2.11. The summed E-state index contributed by atoms with van der Waals surface area (Å²) in [5, 5.41) is 0. The van der Waals surface area contributed by atoms with Crippen LogP contribution in [0.4, 0.5) is 0 Å². The lowest BCUT2D eigenvalue weighted by Crippen LogP contribution is -2.08. The quantitative estimate of drug-likeness (QED) is 0.636. The molecular formula is C6H9N2P. The summed E-state index contributed by atoms with van der Waals surface area (Å²) >= 11 is 0. The maximum absolute atomic E-state index is 4.28. The van der Waals surface area contributed by atoms with E-state index in [9.17, 15) is 0 Å². The van der Waals surface area contributed by atoms with Crippen molar-refractivity contribution in [2.45, 2.75) is 25.2 Å². The molecule has 1 saturated carbocycles. The predicted octanol–water partition coefficient (Wildman–Crippen LogP) is 2.26. The molecular weight excluding hydrogens is 131 g/mol. The molecule has 1 heterocycles. The van der Waals surface area contributed by atoms with Crippen LogP contribution in [0, 0.1) is 0 Å². The van der Waals surface area contributed by atoms with Crippen LogP contribution < -0.4 is 0 Å². The van der Waals surface area contributed by atoms with Crippen LogP contribution in [-0.2, 0) is 0 Å². The molecule has 0 saturated heterocycles. The van der Waals surface area contributed by atoms with Crippen LogP contribution in [0.3, 0.4) is 0 Å². The van der Waals surface area contributed by atoms with Crippen molar-refractivity contribution >= 4 is 8.51 Å². The summed E-state index contributed by atoms with van der Waals surface area (Å²) in [5.41, 5.74) is 1.29. The molecule has 0 atom stereocenters. The first-order chi connectivity index (χ1) is 4.47. The van der Waals surface area contributed by atoms with Crippen LogP contribution in [0.25, 0.3) is 0 Å². The summed E-state index contributed by atoms with van der Waals surface area (Å²) in [7, 11) is 1.02. The maximum atomic E-state index is 4.28. The number of rotatable bonds is 1. The van der Waals surface area contributed by atoms with Crippen molar-refractivity contribution in [1.29, 1.82) is 0 Å². The van der Waals surface area contributed by atoms with Gasteiger partial charge in [0.1, 0.15) is 8.51 Å². The van der Waals surface area contributed by atoms with Gasteiger partial charge in [-0.05, 0) is 12.8 Å². The van der Waals surface area contributed by atoms with Crippen LogP contribution in [-0.4, -0.2) is 9.49 Å². The molecule has 1 fully saturated rings. The van der Waals surface area contributed by atoms with Gasteiger partial charge in [0.2, 0.25) is 0 Å². The number of hydrogen-bond donors (Lipinski definition) is 1. The summed E-state index contributed by atoms with van der Waals surface area (Å²) < 4.78 is 7.34. The predicted molar refractivity (Wildman–Crippen MR) is 37.7 cm³/mol. The van der Waals surface area contributed by atoms with Gasteiger partial charge in [-0.2, -0.15) is 0 Å². The van der Waals surface area contributed by atoms with Crippen LogP contribution in [0.15, 0.2) is 6.20 Å². The molecule has 0 radical (unpaired) electrons. The van der Waals surface area contributed by atoms with Gasteiger partial charge in [0, 0.05) is 12.1 Å². The zero-order valence-corrected chi connectivity index (χ0v) is 6.06. The van der Waals surface area contributed by atoms with E-state index in [1.165, 1.54) is 25.0 Å². The van der Waals surface area contributed by atoms with E-state index in [4.69, 9.17) is 0 Å². The van der Waals surface area contributed by atoms with Gasteiger partial charge in [-0.1, -0.05) is 6.42 Å². The Morgan fingerprint density at radius 3 is 3.00 bits per heavy atom. The van der Waals surface area contributed by atoms with E-state index in [1.807, 2.05) is 6.20 Å². The summed E-state index contributed by atoms with van der Waals surface area (Å²) in [6.07, 6.45) is 6.15. The molecule has 1 aromatic heterocycles. The lowest BCUT2D eigenvalue weighted by atomic mass is 9.83. The van der Waals surface area contributed by atoms with Crippen molar-refractivity contribution in [1.82, 2.24) is 9.49 Å². The minimum Gasteiger partial charge on any atom is -0.328 e. The van der Waals surface area contributed by atoms with E-state index < -0.39 is 0 Å². The second-order valence-corrected chi connectivity index (χ2v) is 3.18. The zero-order chi connectivity index (χ0) is 6.10. The summed E-state index contributed by atoms with van der Waals surface area (Å²) in [6, 6.07) is 0. The van der Waals surface area contributed by atoms with Gasteiger partial charge in [0.05, 0.1) is 5.69 Å². The highest BCUT2D eigenvalue weighted by Gasteiger charge is 2.20. The van der Waals surface area contributed by atoms with E-state index in [0.29, 0.717) is 0 Å². The molecule has 1 aliphatic rings. The first kappa shape index (κ1) is 5.43. The Morgan fingerprint density at radius 2 is 2.56 bits per heavy atom. The molecule has 0 amide bonds. The first-order valence-electron chi connectivity index (χ1n) is 3.33. The number of hydrogen-bond acceptors (Lipinski definition) is 1. The highest BCUT2D eigenvalue weighted by Crippen LogP contribution is 2.35. The number of aromatic nitrogens is 2. The maximum Gasteiger partial charge on any atom is 0.129 e. The van der Waals surface area contributed by atoms with E-state index >= 15 is 0 Å². The molecule has 0 spiro atoms. The first-order valence-corrected chi connectivity index (χ1v) is 4.18. The van der Waals surface area contributed by atoms with E-state index in [0.717, 1.165) is 14.4 Å². The Hall–Kier alpha value is -0.360. The standard InChI is InChI=1S/C6H9N2P/c1-2-5(3-1)6-4-7-9-8-6/h4-5H,1-3H2,(H,7,8). The zero-order valence-electron chi connectivity index (χ0n) is 5.17. The normalized spacial score (nSPS) is 20.4. The molecule has 48 valence electrons. The SMILES string of the molecule is c1[nH]pnc1C1CCC1. The molecule has 2 rings (SSSR count). The lowest BCUT2D eigenvalue weighted by Gasteiger charge is -2.22. The molecule has 1 N–H and O–H groups in total. The molecule has 1 aliphatic carbocycles. The fourth-order valence-corrected chi connectivity index (χ4v) is 1.70. The van der Waals surface area contributed by atoms with E-state index in [1.54, 1.807) is 0 Å². The third-order valence-electron chi connectivity index (χ3n) is 1.96. The van der Waals surface area contributed by atoms with Crippen molar-refractivity contribution in [2.24, 2.45) is 0 Å². The molecule has 3 heteroatoms. The number of nitrogens with zero attached hydrogens (tertiary/aromatic N) is 1. The Kier molecular flexibility index (Phi) is 1.27. The van der Waals surface area contributed by atoms with Crippen LogP contribution in [0.5, 0.6) is 0 Å². The van der Waals surface area contributed by atoms with Gasteiger partial charge < -0.3 is 4.75 Å². The minimum atomic E-state index is 0.799. The Morgan fingerprint density at radius 1 is 1.67 bits per heavy atom. The molecule has 9 heavy (non-hydrogen) atoms. The molecule has 2 nitrogen and oxygen atoms in total. The van der Waals surface area contributed by atoms with Gasteiger partial charge in [-0.25, -0.2) is 4.75 Å². The van der Waals surface area contributed by atoms with Crippen molar-refractivity contribution in [3.63, 3.8) is 0 Å². The smallest absolute Gasteiger partial charge is 0.129 e. The van der Waals surface area contributed by atoms with Gasteiger partial charge in [-0.15, -0.1) is 0 Å². The summed E-state index contributed by atoms with van der Waals surface area (Å²) in [5.74, 6) is 0.799. The van der Waals surface area contributed by atoms with Gasteiger partial charge in [0.15, 0.2) is 0 Å². The van der Waals surface area contributed by atoms with Gasteiger partial charge in [0.25, 0.3) is 0 Å². The van der Waals surface area contributed by atoms with Crippen molar-refractivity contribution in [2.75, 3.05) is 0 Å². The van der Waals surface area contributed by atoms with Gasteiger partial charge in [-0.3, -0.25) is 0 Å². The summed E-state index contributed by atoms with van der Waals surface area (Å²) in [6.45, 7) is 0. The summed E-state index contributed by atoms with van der Waals surface area (Å²) in [4.78, 5) is 0. The third-order valence-corrected chi connectivity index (χ3v) is 2.53. The molecule has 1 aromatic rings. The molecule has 0 aromatic carbocycles. The number of aromatic amines is 1. The molecule has 0 unspecified atom stereocenters. The van der Waals surface area contributed by atoms with E-state index in [2.05, 4.69) is 9.49 Å². The topological polar surface area (TPSA) is 28.7 Å². The molecule has 0 aliphatic heterocycles. The van der Waals surface area contributed by atoms with E-state index in [-0.39, 0.29) is 0 Å². The minimum absolute atomic E-state index is 0.799. The van der Waals surface area contributed by atoms with Crippen molar-refractivity contribution in [3.05, 3.63) is 11.9 Å². The van der Waals surface area contributed by atoms with Gasteiger partial charge >= 0.3 is 0 Å². The average molecular weight is 140 g/mol. The fraction of sp³-hybridized carbons (Fsp3) is 0.667. The van der Waals surface area contributed by atoms with Crippen LogP contribution in [0.2, 0.25) is 0 Å². The highest BCUT2D eigenvalue weighted by atomic mass is 31.1. The lowest BCUT2D eigenvalue weighted by molar-refractivity contribution is 0.413. The average Bonchev–Trinajstić information content (AvgIpc) is 2.11. The second-order valence-electron chi connectivity index (χ2n) is 2.53. The largest absolute Gasteiger partial charge is 0.328 e. The number of H-pyrrole nitrogens is 1.